The van der Waals surface area contributed by atoms with E-state index in [0.29, 0.717) is 17.6 Å². The minimum Gasteiger partial charge on any atom is -0.497 e. The first-order valence-electron chi connectivity index (χ1n) is 8.70. The van der Waals surface area contributed by atoms with Crippen LogP contribution in [0.3, 0.4) is 0 Å². The van der Waals surface area contributed by atoms with Crippen LogP contribution in [0.25, 0.3) is 0 Å². The third-order valence-corrected chi connectivity index (χ3v) is 4.07. The van der Waals surface area contributed by atoms with Gasteiger partial charge in [0.25, 0.3) is 5.91 Å². The lowest BCUT2D eigenvalue weighted by Crippen LogP contribution is -2.14. The highest BCUT2D eigenvalue weighted by atomic mass is 16.5. The number of aromatic nitrogens is 2. The van der Waals surface area contributed by atoms with Crippen molar-refractivity contribution in [1.82, 2.24) is 9.97 Å². The molecule has 1 heterocycles. The Labute approximate surface area is 158 Å². The van der Waals surface area contributed by atoms with Crippen LogP contribution in [0.15, 0.2) is 60.8 Å². The molecule has 2 aromatic carbocycles. The summed E-state index contributed by atoms with van der Waals surface area (Å²) in [6.45, 7) is 4.30. The van der Waals surface area contributed by atoms with Gasteiger partial charge in [0.05, 0.1) is 7.11 Å². The molecule has 0 unspecified atom stereocenters. The second-order valence-corrected chi connectivity index (χ2v) is 6.35. The van der Waals surface area contributed by atoms with Crippen LogP contribution in [-0.2, 0) is 0 Å². The van der Waals surface area contributed by atoms with Gasteiger partial charge in [0.1, 0.15) is 11.4 Å². The Kier molecular flexibility index (Phi) is 5.66. The zero-order valence-electron chi connectivity index (χ0n) is 15.6. The number of carbonyl (C=O) groups is 1. The van der Waals surface area contributed by atoms with Gasteiger partial charge in [0.2, 0.25) is 5.95 Å². The summed E-state index contributed by atoms with van der Waals surface area (Å²) in [5.74, 6) is 1.26. The molecule has 0 saturated heterocycles. The van der Waals surface area contributed by atoms with E-state index in [-0.39, 0.29) is 11.6 Å². The summed E-state index contributed by atoms with van der Waals surface area (Å²) < 4.78 is 5.11. The Bertz CT molecular complexity index is 906. The van der Waals surface area contributed by atoms with Gasteiger partial charge >= 0.3 is 0 Å². The maximum absolute atomic E-state index is 12.4. The minimum atomic E-state index is -0.305. The van der Waals surface area contributed by atoms with Gasteiger partial charge in [0.15, 0.2) is 0 Å². The molecule has 0 aliphatic rings. The maximum atomic E-state index is 12.4. The number of carbonyl (C=O) groups excluding carboxylic acids is 1. The van der Waals surface area contributed by atoms with Crippen LogP contribution in [0.1, 0.15) is 35.8 Å². The summed E-state index contributed by atoms with van der Waals surface area (Å²) in [7, 11) is 1.60. The second kappa shape index (κ2) is 8.31. The van der Waals surface area contributed by atoms with E-state index in [0.717, 1.165) is 11.4 Å². The van der Waals surface area contributed by atoms with Crippen molar-refractivity contribution in [2.24, 2.45) is 0 Å². The van der Waals surface area contributed by atoms with Gasteiger partial charge in [-0.25, -0.2) is 9.97 Å². The Morgan fingerprint density at radius 1 is 0.963 bits per heavy atom. The molecular formula is C21H22N4O2. The predicted molar refractivity (Wildman–Crippen MR) is 107 cm³/mol. The van der Waals surface area contributed by atoms with Crippen molar-refractivity contribution in [1.29, 1.82) is 0 Å². The van der Waals surface area contributed by atoms with E-state index in [1.807, 2.05) is 12.1 Å². The fraction of sp³-hybridized carbons (Fsp3) is 0.190. The molecular weight excluding hydrogens is 340 g/mol. The third kappa shape index (κ3) is 4.82. The van der Waals surface area contributed by atoms with E-state index in [2.05, 4.69) is 46.6 Å². The normalized spacial score (nSPS) is 10.5. The number of hydrogen-bond donors (Lipinski definition) is 2. The van der Waals surface area contributed by atoms with Crippen LogP contribution in [0.5, 0.6) is 5.75 Å². The molecule has 0 aliphatic heterocycles. The highest BCUT2D eigenvalue weighted by Crippen LogP contribution is 2.19. The van der Waals surface area contributed by atoms with Crippen molar-refractivity contribution in [3.8, 4) is 5.75 Å². The van der Waals surface area contributed by atoms with Gasteiger partial charge in [-0.2, -0.15) is 0 Å². The quantitative estimate of drug-likeness (QED) is 0.670. The molecule has 0 saturated carbocycles. The van der Waals surface area contributed by atoms with E-state index in [1.54, 1.807) is 43.6 Å². The number of amides is 1. The Balaban J connectivity index is 1.69. The number of nitrogens with zero attached hydrogens (tertiary/aromatic N) is 2. The molecule has 2 N–H and O–H groups in total. The molecule has 27 heavy (non-hydrogen) atoms. The van der Waals surface area contributed by atoms with Crippen LogP contribution in [0.4, 0.5) is 17.3 Å². The molecule has 3 aromatic rings. The summed E-state index contributed by atoms with van der Waals surface area (Å²) in [6.07, 6.45) is 1.56. The minimum absolute atomic E-state index is 0.280. The first kappa shape index (κ1) is 18.4. The van der Waals surface area contributed by atoms with E-state index >= 15 is 0 Å². The fourth-order valence-electron chi connectivity index (χ4n) is 2.50. The van der Waals surface area contributed by atoms with Crippen LogP contribution >= 0.6 is 0 Å². The first-order chi connectivity index (χ1) is 13.0. The molecule has 0 atom stereocenters. The highest BCUT2D eigenvalue weighted by Gasteiger charge is 2.10. The van der Waals surface area contributed by atoms with E-state index in [4.69, 9.17) is 4.74 Å². The van der Waals surface area contributed by atoms with Gasteiger partial charge in [-0.1, -0.05) is 26.0 Å². The van der Waals surface area contributed by atoms with Crippen molar-refractivity contribution in [2.75, 3.05) is 17.7 Å². The van der Waals surface area contributed by atoms with Gasteiger partial charge in [0, 0.05) is 17.6 Å². The predicted octanol–water partition coefficient (Wildman–Crippen LogP) is 4.60. The molecule has 0 spiro atoms. The van der Waals surface area contributed by atoms with Crippen molar-refractivity contribution in [3.63, 3.8) is 0 Å². The van der Waals surface area contributed by atoms with Crippen LogP contribution in [-0.4, -0.2) is 23.0 Å². The summed E-state index contributed by atoms with van der Waals surface area (Å²) in [5.41, 5.74) is 3.07. The lowest BCUT2D eigenvalue weighted by molar-refractivity contribution is 0.102. The lowest BCUT2D eigenvalue weighted by atomic mass is 10.0. The molecule has 6 heteroatoms. The van der Waals surface area contributed by atoms with Gasteiger partial charge in [-0.05, 0) is 53.9 Å². The number of ether oxygens (including phenoxy) is 1. The number of nitrogens with one attached hydrogen (secondary N) is 2. The zero-order valence-corrected chi connectivity index (χ0v) is 15.6. The van der Waals surface area contributed by atoms with Crippen LogP contribution in [0.2, 0.25) is 0 Å². The Hall–Kier alpha value is -3.41. The largest absolute Gasteiger partial charge is 0.497 e. The lowest BCUT2D eigenvalue weighted by Gasteiger charge is -2.09. The van der Waals surface area contributed by atoms with E-state index in [9.17, 15) is 4.79 Å². The van der Waals surface area contributed by atoms with E-state index in [1.165, 1.54) is 5.56 Å². The van der Waals surface area contributed by atoms with Crippen molar-refractivity contribution in [2.45, 2.75) is 19.8 Å². The summed E-state index contributed by atoms with van der Waals surface area (Å²) in [6, 6.07) is 16.8. The summed E-state index contributed by atoms with van der Waals surface area (Å²) in [5, 5.41) is 5.93. The first-order valence-corrected chi connectivity index (χ1v) is 8.70. The molecule has 3 rings (SSSR count). The maximum Gasteiger partial charge on any atom is 0.274 e. The van der Waals surface area contributed by atoms with Crippen molar-refractivity contribution in [3.05, 3.63) is 72.1 Å². The molecule has 138 valence electrons. The number of methoxy groups -OCH3 is 1. The van der Waals surface area contributed by atoms with Crippen molar-refractivity contribution < 1.29 is 9.53 Å². The number of hydrogen-bond acceptors (Lipinski definition) is 5. The van der Waals surface area contributed by atoms with Crippen molar-refractivity contribution >= 4 is 23.2 Å². The molecule has 0 radical (unpaired) electrons. The average Bonchev–Trinajstić information content (AvgIpc) is 2.69. The van der Waals surface area contributed by atoms with Gasteiger partial charge in [-0.15, -0.1) is 0 Å². The summed E-state index contributed by atoms with van der Waals surface area (Å²) in [4.78, 5) is 20.9. The average molecular weight is 362 g/mol. The monoisotopic (exact) mass is 362 g/mol. The number of rotatable bonds is 6. The van der Waals surface area contributed by atoms with Crippen LogP contribution in [0, 0.1) is 0 Å². The third-order valence-electron chi connectivity index (χ3n) is 4.07. The molecule has 0 aliphatic carbocycles. The van der Waals surface area contributed by atoms with E-state index < -0.39 is 0 Å². The van der Waals surface area contributed by atoms with Crippen LogP contribution < -0.4 is 15.4 Å². The molecule has 0 bridgehead atoms. The topological polar surface area (TPSA) is 76.1 Å². The number of anilines is 3. The SMILES string of the molecule is COc1ccc(NC(=O)c2ccnc(Nc3ccc(C(C)C)cc3)n2)cc1. The fourth-order valence-corrected chi connectivity index (χ4v) is 2.50. The standard InChI is InChI=1S/C21H22N4O2/c1-14(2)15-4-6-17(7-5-15)24-21-22-13-12-19(25-21)20(26)23-16-8-10-18(27-3)11-9-16/h4-14H,1-3H3,(H,23,26)(H,22,24,25). The molecule has 6 nitrogen and oxygen atoms in total. The summed E-state index contributed by atoms with van der Waals surface area (Å²) >= 11 is 0. The number of benzene rings is 2. The molecule has 1 aromatic heterocycles. The molecule has 0 fully saturated rings. The Morgan fingerprint density at radius 3 is 2.26 bits per heavy atom. The molecule has 1 amide bonds. The Morgan fingerprint density at radius 2 is 1.63 bits per heavy atom. The van der Waals surface area contributed by atoms with Gasteiger partial charge < -0.3 is 15.4 Å². The smallest absolute Gasteiger partial charge is 0.274 e. The highest BCUT2D eigenvalue weighted by molar-refractivity contribution is 6.03. The second-order valence-electron chi connectivity index (χ2n) is 6.35. The van der Waals surface area contributed by atoms with Gasteiger partial charge in [-0.3, -0.25) is 4.79 Å². The zero-order chi connectivity index (χ0) is 19.2.